The summed E-state index contributed by atoms with van der Waals surface area (Å²) in [6.45, 7) is 8.72. The number of carboxylic acids is 1. The molecule has 0 saturated carbocycles. The Hall–Kier alpha value is -8.50. The molecule has 7 heterocycles. The molecule has 5 aromatic carbocycles. The fourth-order valence-corrected chi connectivity index (χ4v) is 17.1. The molecule has 33 nitrogen and oxygen atoms in total. The van der Waals surface area contributed by atoms with Crippen molar-refractivity contribution in [3.05, 3.63) is 117 Å². The number of hydrogen-bond acceptors (Lipinski definition) is 27. The molecular formula is C78H99Cl2N9O24S2. The van der Waals surface area contributed by atoms with Gasteiger partial charge in [0, 0.05) is 46.2 Å². The van der Waals surface area contributed by atoms with Gasteiger partial charge < -0.3 is 128 Å². The number of phenols is 3. The number of halogens is 2. The van der Waals surface area contributed by atoms with Gasteiger partial charge in [0.2, 0.25) is 53.4 Å². The van der Waals surface area contributed by atoms with Crippen LogP contribution in [0.25, 0.3) is 11.1 Å². The molecule has 0 aliphatic carbocycles. The zero-order valence-corrected chi connectivity index (χ0v) is 67.0. The van der Waals surface area contributed by atoms with Gasteiger partial charge in [-0.25, -0.2) is 4.79 Å². The number of aliphatic hydroxyl groups is 6. The Bertz CT molecular complexity index is 4370. The molecule has 0 aromatic heterocycles. The van der Waals surface area contributed by atoms with Crippen molar-refractivity contribution in [2.24, 2.45) is 11.7 Å². The van der Waals surface area contributed by atoms with Crippen molar-refractivity contribution >= 4 is 92.1 Å². The quantitative estimate of drug-likeness (QED) is 0.0235. The average molecular weight is 1680 g/mol. The Kier molecular flexibility index (Phi) is 30.6. The lowest BCUT2D eigenvalue weighted by Gasteiger charge is -2.48. The Labute approximate surface area is 680 Å². The van der Waals surface area contributed by atoms with Gasteiger partial charge >= 0.3 is 5.97 Å². The third-order valence-corrected chi connectivity index (χ3v) is 23.7. The summed E-state index contributed by atoms with van der Waals surface area (Å²) in [4.78, 5) is 118. The highest BCUT2D eigenvalue weighted by atomic mass is 35.5. The molecule has 115 heavy (non-hydrogen) atoms. The Morgan fingerprint density at radius 2 is 1.30 bits per heavy atom. The summed E-state index contributed by atoms with van der Waals surface area (Å²) < 4.78 is 39.5. The highest BCUT2D eigenvalue weighted by Gasteiger charge is 2.52. The number of likely N-dealkylation sites (N-methyl/N-ethyl adjacent to an activating group) is 1. The van der Waals surface area contributed by atoms with E-state index in [1.807, 2.05) is 24.6 Å². The van der Waals surface area contributed by atoms with Crippen LogP contribution in [0.1, 0.15) is 163 Å². The van der Waals surface area contributed by atoms with E-state index in [9.17, 15) is 75.0 Å². The maximum absolute atomic E-state index is 16.2. The topological polar surface area (TPSA) is 517 Å². The summed E-state index contributed by atoms with van der Waals surface area (Å²) in [6, 6.07) is -0.419. The largest absolute Gasteiger partial charge is 0.508 e. The van der Waals surface area contributed by atoms with Crippen molar-refractivity contribution in [1.29, 1.82) is 0 Å². The molecule has 18 atom stereocenters. The van der Waals surface area contributed by atoms with Crippen molar-refractivity contribution in [3.63, 3.8) is 0 Å². The second kappa shape index (κ2) is 39.6. The van der Waals surface area contributed by atoms with E-state index >= 15 is 14.4 Å². The van der Waals surface area contributed by atoms with E-state index in [1.165, 1.54) is 57.7 Å². The number of unbranched alkanes of at least 4 members (excludes halogenated alkanes) is 6. The number of aliphatic hydroxyl groups excluding tert-OH is 6. The normalized spacial score (nSPS) is 27.3. The number of nitrogens with one attached hydrogen (secondary N) is 8. The van der Waals surface area contributed by atoms with Gasteiger partial charge in [-0.15, -0.1) is 0 Å². The van der Waals surface area contributed by atoms with Crippen LogP contribution in [-0.2, 0) is 52.6 Å². The second-order valence-corrected chi connectivity index (χ2v) is 33.2. The van der Waals surface area contributed by atoms with E-state index in [-0.39, 0.29) is 52.0 Å². The molecule has 0 spiro atoms. The van der Waals surface area contributed by atoms with Crippen molar-refractivity contribution < 1.29 is 118 Å². The first-order chi connectivity index (χ1) is 54.7. The lowest BCUT2D eigenvalue weighted by molar-refractivity contribution is -0.334. The first-order valence-corrected chi connectivity index (χ1v) is 41.1. The van der Waals surface area contributed by atoms with E-state index in [0.717, 1.165) is 84.7 Å². The van der Waals surface area contributed by atoms with E-state index in [4.69, 9.17) is 57.4 Å². The van der Waals surface area contributed by atoms with Gasteiger partial charge in [0.15, 0.2) is 29.9 Å². The lowest BCUT2D eigenvalue weighted by Crippen LogP contribution is -2.65. The van der Waals surface area contributed by atoms with Crippen molar-refractivity contribution in [1.82, 2.24) is 42.5 Å². The van der Waals surface area contributed by atoms with Crippen molar-refractivity contribution in [2.75, 3.05) is 31.7 Å². The number of rotatable bonds is 27. The molecule has 0 unspecified atom stereocenters. The predicted molar refractivity (Wildman–Crippen MR) is 421 cm³/mol. The lowest BCUT2D eigenvalue weighted by atomic mass is 9.85. The number of amides is 7. The highest BCUT2D eigenvalue weighted by Crippen LogP contribution is 2.50. The minimum absolute atomic E-state index is 0.0908. The summed E-state index contributed by atoms with van der Waals surface area (Å²) >= 11 is 14.3. The summed E-state index contributed by atoms with van der Waals surface area (Å²) in [5.41, 5.74) is 1.89. The molecule has 12 rings (SSSR count). The first kappa shape index (κ1) is 88.9. The number of carbonyl (C=O) groups is 8. The van der Waals surface area contributed by atoms with Crippen LogP contribution in [0.5, 0.6) is 46.0 Å². The monoisotopic (exact) mass is 1680 g/mol. The first-order valence-electron chi connectivity index (χ1n) is 37.9. The Morgan fingerprint density at radius 1 is 0.687 bits per heavy atom. The van der Waals surface area contributed by atoms with Crippen molar-refractivity contribution in [3.8, 4) is 57.1 Å². The van der Waals surface area contributed by atoms with Crippen molar-refractivity contribution in [2.45, 2.75) is 214 Å². The van der Waals surface area contributed by atoms with Gasteiger partial charge in [0.1, 0.15) is 89.5 Å². The molecule has 5 aromatic rings. The Balaban J connectivity index is 1.14. The number of carboxylic acid groups (broad SMARTS) is 1. The van der Waals surface area contributed by atoms with Gasteiger partial charge in [-0.05, 0) is 129 Å². The maximum Gasteiger partial charge on any atom is 0.330 e. The molecule has 7 aliphatic rings. The van der Waals surface area contributed by atoms with Crippen LogP contribution < -0.4 is 62.5 Å². The minimum atomic E-state index is -2.35. The number of fused-ring (bicyclic) bond motifs is 15. The third-order valence-electron chi connectivity index (χ3n) is 20.6. The summed E-state index contributed by atoms with van der Waals surface area (Å²) in [5, 5.41) is 136. The summed E-state index contributed by atoms with van der Waals surface area (Å²) in [6.07, 6.45) is -8.97. The molecular weight excluding hydrogens is 1580 g/mol. The van der Waals surface area contributed by atoms with Gasteiger partial charge in [0.05, 0.1) is 41.3 Å². The SMILES string of the molecule is CCCCCCCCCSSCCCN[C@@]1(C)C[C@H](O[C@H]2[C@H](Oc3c4cc5cc3Oc3ccc(cc3Cl)[C@@H](O)[C@@H](NC(=O)[C@@H](CC(C)C)NC)C(=O)N[C@@H](CC(N)=O)C(=O)N[C@H]5C(=O)N[C@H]3C(=O)N[C@H](C(=O)N[C@H](C(=O)O)c5cc(O)cc(O)c5-c5cc3ccc5O)[C@H](O)c3ccc(c(Cl)c3)O4)O[C@H](CO)[C@@H](O)[C@@H]2O)O[C@@H](C)[C@H]1O. The van der Waals surface area contributed by atoms with Crippen LogP contribution in [0.15, 0.2) is 78.9 Å². The molecule has 7 amide bonds. The third kappa shape index (κ3) is 21.5. The predicted octanol–water partition coefficient (Wildman–Crippen LogP) is 5.26. The van der Waals surface area contributed by atoms with Gasteiger partial charge in [-0.2, -0.15) is 0 Å². The van der Waals surface area contributed by atoms with Crippen LogP contribution in [-0.4, -0.2) is 209 Å². The van der Waals surface area contributed by atoms with E-state index in [1.54, 1.807) is 24.6 Å². The smallest absolute Gasteiger partial charge is 0.330 e. The summed E-state index contributed by atoms with van der Waals surface area (Å²) in [7, 11) is 5.05. The molecule has 20 N–H and O–H groups in total. The van der Waals surface area contributed by atoms with Crippen LogP contribution in [0, 0.1) is 5.92 Å². The zero-order chi connectivity index (χ0) is 83.4. The zero-order valence-electron chi connectivity index (χ0n) is 63.8. The van der Waals surface area contributed by atoms with E-state index in [0.29, 0.717) is 13.0 Å². The molecule has 11 bridgehead atoms. The van der Waals surface area contributed by atoms with E-state index in [2.05, 4.69) is 49.5 Å². The number of phenolic OH excluding ortho intramolecular Hbond substituents is 3. The molecule has 7 aliphatic heterocycles. The number of nitrogens with two attached hydrogens (primary N) is 1. The molecule has 2 fully saturated rings. The number of aromatic hydroxyl groups is 3. The van der Waals surface area contributed by atoms with Crippen LogP contribution in [0.3, 0.4) is 0 Å². The number of primary amides is 1. The molecule has 37 heteroatoms. The van der Waals surface area contributed by atoms with Crippen LogP contribution in [0.4, 0.5) is 0 Å². The standard InChI is InChI=1S/C78H99Cl2N9O24S2/c1-7-8-9-10-11-12-13-22-114-115-23-14-21-83-78(5)33-56(108-36(4)69(78)99)112-68-66(98)65(97)54(34-90)111-77(68)113-67-52-28-40-29-53(67)110-51-20-17-39(27-45(51)80)64(96)62-75(105)87-60(76(106)107)43-30-41(91)31-49(93)57(43)42-25-37(15-18-48(42)92)58(72(102)89-62)86-73(103)59(40)85-71(101)47(32-55(81)94)84-74(104)61(88-70(100)46(82-6)24-35(2)3)63(95)38-16-19-50(109-52)44(79)26-38/h15-20,25-31,35-36,46-47,54,56,58-66,68-69,77,82-83,90-93,95-99H,7-14,21-24,32-34H2,1-6H3,(H2,81,94)(H,84,104)(H,85,101)(H,86,103)(H,87,105)(H,88,100)(H,89,102)(H,106,107)/t36-,46+,47-,54+,56-,58+,59+,60-,61+,62-,63+,64+,65+,66-,68+,69+,77-,78-/m0/s1. The molecule has 0 radical (unpaired) electrons. The van der Waals surface area contributed by atoms with E-state index < -0.39 is 231 Å². The minimum Gasteiger partial charge on any atom is -0.508 e. The maximum atomic E-state index is 16.2. The number of hydrogen-bond donors (Lipinski definition) is 19. The van der Waals surface area contributed by atoms with Gasteiger partial charge in [-0.1, -0.05) is 122 Å². The molecule has 626 valence electrons. The van der Waals surface area contributed by atoms with Gasteiger partial charge in [-0.3, -0.25) is 33.6 Å². The number of aliphatic carboxylic acids is 1. The van der Waals surface area contributed by atoms with Gasteiger partial charge in [0.25, 0.3) is 0 Å². The second-order valence-electron chi connectivity index (χ2n) is 29.7. The number of ether oxygens (including phenoxy) is 6. The highest BCUT2D eigenvalue weighted by molar-refractivity contribution is 8.76. The van der Waals surface area contributed by atoms with Crippen LogP contribution in [0.2, 0.25) is 10.0 Å². The number of carbonyl (C=O) groups excluding carboxylic acids is 7. The average Bonchev–Trinajstić information content (AvgIpc) is 0.768. The fraction of sp³-hybridized carbons (Fsp3) is 0.513. The fourth-order valence-electron chi connectivity index (χ4n) is 14.4. The number of benzene rings is 5. The molecule has 2 saturated heterocycles. The Morgan fingerprint density at radius 3 is 1.91 bits per heavy atom. The summed E-state index contributed by atoms with van der Waals surface area (Å²) in [5.74, 6) is -14.0. The van der Waals surface area contributed by atoms with Crippen LogP contribution >= 0.6 is 44.8 Å².